The average molecular weight is 349 g/mol. The van der Waals surface area contributed by atoms with E-state index in [-0.39, 0.29) is 18.2 Å². The number of ether oxygens (including phenoxy) is 1. The van der Waals surface area contributed by atoms with Crippen LogP contribution in [0.3, 0.4) is 0 Å². The molecule has 0 atom stereocenters. The smallest absolute Gasteiger partial charge is 0.230 e. The Kier molecular flexibility index (Phi) is 3.63. The fraction of sp³-hybridized carbons (Fsp3) is 0.182. The van der Waals surface area contributed by atoms with Gasteiger partial charge in [0.1, 0.15) is 12.0 Å². The number of benzene rings is 1. The highest BCUT2D eigenvalue weighted by molar-refractivity contribution is 14.1. The molecule has 0 unspecified atom stereocenters. The SMILES string of the molecule is COc1c(F)cc(I)cc1-c1nc(CO)co1. The van der Waals surface area contributed by atoms with Gasteiger partial charge in [-0.25, -0.2) is 9.37 Å². The van der Waals surface area contributed by atoms with Crippen LogP contribution in [0, 0.1) is 9.39 Å². The number of nitrogens with zero attached hydrogens (tertiary/aromatic N) is 1. The highest BCUT2D eigenvalue weighted by atomic mass is 127. The lowest BCUT2D eigenvalue weighted by molar-refractivity contribution is 0.276. The minimum Gasteiger partial charge on any atom is -0.493 e. The molecule has 0 saturated carbocycles. The van der Waals surface area contributed by atoms with E-state index in [1.54, 1.807) is 6.07 Å². The first kappa shape index (κ1) is 12.3. The number of halogens is 2. The van der Waals surface area contributed by atoms with Crippen LogP contribution < -0.4 is 4.74 Å². The zero-order valence-corrected chi connectivity index (χ0v) is 11.1. The van der Waals surface area contributed by atoms with E-state index in [0.29, 0.717) is 14.8 Å². The van der Waals surface area contributed by atoms with Crippen molar-refractivity contribution in [2.24, 2.45) is 0 Å². The van der Waals surface area contributed by atoms with Gasteiger partial charge in [0, 0.05) is 3.57 Å². The lowest BCUT2D eigenvalue weighted by atomic mass is 10.2. The molecule has 2 rings (SSSR count). The summed E-state index contributed by atoms with van der Waals surface area (Å²) in [4.78, 5) is 4.02. The van der Waals surface area contributed by atoms with Gasteiger partial charge in [-0.1, -0.05) is 0 Å². The Morgan fingerprint density at radius 1 is 1.53 bits per heavy atom. The first-order valence-corrected chi connectivity index (χ1v) is 5.82. The Morgan fingerprint density at radius 3 is 2.88 bits per heavy atom. The van der Waals surface area contributed by atoms with Gasteiger partial charge < -0.3 is 14.3 Å². The molecular formula is C11H9FINO3. The van der Waals surface area contributed by atoms with Crippen molar-refractivity contribution in [3.63, 3.8) is 0 Å². The van der Waals surface area contributed by atoms with Crippen molar-refractivity contribution in [3.8, 4) is 17.2 Å². The molecule has 17 heavy (non-hydrogen) atoms. The molecule has 1 aromatic heterocycles. The molecule has 0 fully saturated rings. The number of aliphatic hydroxyl groups is 1. The van der Waals surface area contributed by atoms with Crippen molar-refractivity contribution < 1.29 is 18.7 Å². The molecule has 0 spiro atoms. The molecule has 90 valence electrons. The first-order chi connectivity index (χ1) is 8.15. The van der Waals surface area contributed by atoms with Crippen LogP contribution in [-0.2, 0) is 6.61 Å². The van der Waals surface area contributed by atoms with Gasteiger partial charge >= 0.3 is 0 Å². The Hall–Kier alpha value is -1.15. The average Bonchev–Trinajstić information content (AvgIpc) is 2.76. The maximum absolute atomic E-state index is 13.6. The normalized spacial score (nSPS) is 10.6. The van der Waals surface area contributed by atoms with Crippen LogP contribution >= 0.6 is 22.6 Å². The molecule has 0 radical (unpaired) electrons. The third-order valence-electron chi connectivity index (χ3n) is 2.16. The Balaban J connectivity index is 2.57. The van der Waals surface area contributed by atoms with Crippen molar-refractivity contribution >= 4 is 22.6 Å². The summed E-state index contributed by atoms with van der Waals surface area (Å²) >= 11 is 1.99. The third kappa shape index (κ3) is 2.42. The predicted molar refractivity (Wildman–Crippen MR) is 67.1 cm³/mol. The van der Waals surface area contributed by atoms with Crippen molar-refractivity contribution in [1.29, 1.82) is 0 Å². The monoisotopic (exact) mass is 349 g/mol. The molecule has 1 aromatic carbocycles. The number of hydrogen-bond acceptors (Lipinski definition) is 4. The second-order valence-electron chi connectivity index (χ2n) is 3.27. The molecule has 0 amide bonds. The molecule has 2 aromatic rings. The van der Waals surface area contributed by atoms with Crippen LogP contribution in [0.4, 0.5) is 4.39 Å². The highest BCUT2D eigenvalue weighted by Crippen LogP contribution is 2.33. The summed E-state index contributed by atoms with van der Waals surface area (Å²) in [6, 6.07) is 3.06. The number of aromatic nitrogens is 1. The van der Waals surface area contributed by atoms with Crippen LogP contribution in [0.1, 0.15) is 5.69 Å². The summed E-state index contributed by atoms with van der Waals surface area (Å²) < 4.78 is 24.5. The maximum atomic E-state index is 13.6. The quantitative estimate of drug-likeness (QED) is 0.866. The fourth-order valence-corrected chi connectivity index (χ4v) is 2.01. The Bertz CT molecular complexity index is 542. The summed E-state index contributed by atoms with van der Waals surface area (Å²) in [6.45, 7) is -0.224. The van der Waals surface area contributed by atoms with E-state index in [9.17, 15) is 4.39 Å². The Labute approximate surface area is 111 Å². The highest BCUT2D eigenvalue weighted by Gasteiger charge is 2.17. The topological polar surface area (TPSA) is 55.5 Å². The predicted octanol–water partition coefficient (Wildman–Crippen LogP) is 2.59. The maximum Gasteiger partial charge on any atom is 0.230 e. The molecule has 0 saturated heterocycles. The molecular weight excluding hydrogens is 340 g/mol. The van der Waals surface area contributed by atoms with Crippen LogP contribution in [-0.4, -0.2) is 17.2 Å². The van der Waals surface area contributed by atoms with Gasteiger partial charge in [-0.2, -0.15) is 0 Å². The fourth-order valence-electron chi connectivity index (χ4n) is 1.43. The van der Waals surface area contributed by atoms with Gasteiger partial charge in [0.05, 0.1) is 19.3 Å². The van der Waals surface area contributed by atoms with Gasteiger partial charge in [-0.3, -0.25) is 0 Å². The lowest BCUT2D eigenvalue weighted by Gasteiger charge is -2.07. The summed E-state index contributed by atoms with van der Waals surface area (Å²) in [5.74, 6) is -0.168. The van der Waals surface area contributed by atoms with Crippen LogP contribution in [0.2, 0.25) is 0 Å². The van der Waals surface area contributed by atoms with E-state index in [0.717, 1.165) is 0 Å². The number of hydrogen-bond donors (Lipinski definition) is 1. The zero-order chi connectivity index (χ0) is 12.4. The van der Waals surface area contributed by atoms with Gasteiger partial charge in [-0.05, 0) is 34.7 Å². The van der Waals surface area contributed by atoms with Crippen molar-refractivity contribution in [1.82, 2.24) is 4.98 Å². The molecule has 0 aliphatic heterocycles. The van der Waals surface area contributed by atoms with Crippen LogP contribution in [0.25, 0.3) is 11.5 Å². The van der Waals surface area contributed by atoms with E-state index in [2.05, 4.69) is 4.98 Å². The number of aliphatic hydroxyl groups excluding tert-OH is 1. The van der Waals surface area contributed by atoms with Crippen molar-refractivity contribution in [2.45, 2.75) is 6.61 Å². The summed E-state index contributed by atoms with van der Waals surface area (Å²) in [5, 5.41) is 8.90. The third-order valence-corrected chi connectivity index (χ3v) is 2.78. The summed E-state index contributed by atoms with van der Waals surface area (Å²) in [6.07, 6.45) is 1.33. The van der Waals surface area contributed by atoms with E-state index < -0.39 is 5.82 Å². The number of oxazole rings is 1. The summed E-state index contributed by atoms with van der Waals surface area (Å²) in [5.41, 5.74) is 0.818. The lowest BCUT2D eigenvalue weighted by Crippen LogP contribution is -1.94. The van der Waals surface area contributed by atoms with E-state index in [4.69, 9.17) is 14.3 Å². The second kappa shape index (κ2) is 5.01. The number of methoxy groups -OCH3 is 1. The van der Waals surface area contributed by atoms with E-state index in [1.165, 1.54) is 19.4 Å². The van der Waals surface area contributed by atoms with Crippen LogP contribution in [0.15, 0.2) is 22.8 Å². The van der Waals surface area contributed by atoms with E-state index >= 15 is 0 Å². The molecule has 1 N–H and O–H groups in total. The van der Waals surface area contributed by atoms with Gasteiger partial charge in [0.25, 0.3) is 0 Å². The van der Waals surface area contributed by atoms with E-state index in [1.807, 2.05) is 22.6 Å². The standard InChI is InChI=1S/C11H9FINO3/c1-16-10-8(2-6(13)3-9(10)12)11-14-7(4-15)5-17-11/h2-3,5,15H,4H2,1H3. The van der Waals surface area contributed by atoms with Crippen molar-refractivity contribution in [2.75, 3.05) is 7.11 Å². The van der Waals surface area contributed by atoms with Gasteiger partial charge in [-0.15, -0.1) is 0 Å². The van der Waals surface area contributed by atoms with Crippen LogP contribution in [0.5, 0.6) is 5.75 Å². The molecule has 4 nitrogen and oxygen atoms in total. The van der Waals surface area contributed by atoms with Crippen molar-refractivity contribution in [3.05, 3.63) is 33.5 Å². The van der Waals surface area contributed by atoms with Gasteiger partial charge in [0.15, 0.2) is 11.6 Å². The molecule has 0 aliphatic carbocycles. The Morgan fingerprint density at radius 2 is 2.29 bits per heavy atom. The second-order valence-corrected chi connectivity index (χ2v) is 4.52. The first-order valence-electron chi connectivity index (χ1n) is 4.74. The van der Waals surface area contributed by atoms with Gasteiger partial charge in [0.2, 0.25) is 5.89 Å². The minimum absolute atomic E-state index is 0.0803. The number of rotatable bonds is 3. The molecule has 0 bridgehead atoms. The molecule has 0 aliphatic rings. The minimum atomic E-state index is -0.474. The molecule has 6 heteroatoms. The zero-order valence-electron chi connectivity index (χ0n) is 8.91. The largest absolute Gasteiger partial charge is 0.493 e. The molecule has 1 heterocycles. The summed E-state index contributed by atoms with van der Waals surface area (Å²) in [7, 11) is 1.38.